The zero-order chi connectivity index (χ0) is 26.4. The summed E-state index contributed by atoms with van der Waals surface area (Å²) in [5.74, 6) is 0.213. The summed E-state index contributed by atoms with van der Waals surface area (Å²) in [4.78, 5) is 38.0. The second kappa shape index (κ2) is 11.6. The van der Waals surface area contributed by atoms with Gasteiger partial charge in [-0.15, -0.1) is 0 Å². The number of halogens is 3. The SMILES string of the molecule is Cc1cn(Cc2cnccn2)c(=O)n(CCCN2CCN(c3ccccc3OCC(F)(F)F)CC2)c1=O. The van der Waals surface area contributed by atoms with Gasteiger partial charge in [0.05, 0.1) is 24.1 Å². The molecule has 1 aliphatic heterocycles. The molecule has 0 spiro atoms. The average molecular weight is 519 g/mol. The molecule has 3 aromatic rings. The second-order valence-corrected chi connectivity index (χ2v) is 8.93. The Morgan fingerprint density at radius 2 is 1.78 bits per heavy atom. The summed E-state index contributed by atoms with van der Waals surface area (Å²) < 4.78 is 45.6. The Hall–Kier alpha value is -3.67. The van der Waals surface area contributed by atoms with E-state index in [-0.39, 0.29) is 30.1 Å². The van der Waals surface area contributed by atoms with E-state index in [0.717, 1.165) is 0 Å². The van der Waals surface area contributed by atoms with Crippen LogP contribution in [-0.4, -0.2) is 69.5 Å². The maximum Gasteiger partial charge on any atom is 0.422 e. The largest absolute Gasteiger partial charge is 0.482 e. The number of alkyl halides is 3. The molecule has 0 unspecified atom stereocenters. The predicted octanol–water partition coefficient (Wildman–Crippen LogP) is 2.31. The normalized spacial score (nSPS) is 14.6. The lowest BCUT2D eigenvalue weighted by atomic mass is 10.2. The molecular weight excluding hydrogens is 489 g/mol. The molecule has 0 bridgehead atoms. The third kappa shape index (κ3) is 6.97. The fraction of sp³-hybridized carbons (Fsp3) is 0.440. The standard InChI is InChI=1S/C25H29F3N6O3/c1-19-16-33(17-20-15-29-7-8-30-20)24(36)34(23(19)35)10-4-9-31-11-13-32(14-12-31)21-5-2-3-6-22(21)37-18-25(26,27)28/h2-3,5-8,15-16H,4,9-14,17-18H2,1H3. The Bertz CT molecular complexity index is 1300. The smallest absolute Gasteiger partial charge is 0.422 e. The van der Waals surface area contributed by atoms with Gasteiger partial charge in [-0.2, -0.15) is 13.2 Å². The van der Waals surface area contributed by atoms with Gasteiger partial charge in [0.25, 0.3) is 5.56 Å². The van der Waals surface area contributed by atoms with E-state index in [2.05, 4.69) is 14.9 Å². The van der Waals surface area contributed by atoms with Crippen LogP contribution < -0.4 is 20.9 Å². The number of piperazine rings is 1. The van der Waals surface area contributed by atoms with Crippen LogP contribution in [0.2, 0.25) is 0 Å². The number of nitrogens with zero attached hydrogens (tertiary/aromatic N) is 6. The lowest BCUT2D eigenvalue weighted by molar-refractivity contribution is -0.153. The highest BCUT2D eigenvalue weighted by molar-refractivity contribution is 5.58. The summed E-state index contributed by atoms with van der Waals surface area (Å²) in [7, 11) is 0. The highest BCUT2D eigenvalue weighted by Gasteiger charge is 2.29. The van der Waals surface area contributed by atoms with Crippen molar-refractivity contribution in [1.29, 1.82) is 0 Å². The molecule has 0 aliphatic carbocycles. The molecule has 1 aliphatic rings. The molecule has 1 fully saturated rings. The van der Waals surface area contributed by atoms with Gasteiger partial charge in [0.15, 0.2) is 6.61 Å². The average Bonchev–Trinajstić information content (AvgIpc) is 2.89. The fourth-order valence-corrected chi connectivity index (χ4v) is 4.36. The quantitative estimate of drug-likeness (QED) is 0.430. The van der Waals surface area contributed by atoms with Crippen molar-refractivity contribution in [3.8, 4) is 5.75 Å². The number of hydrogen-bond acceptors (Lipinski definition) is 7. The Labute approximate surface area is 211 Å². The molecule has 9 nitrogen and oxygen atoms in total. The van der Waals surface area contributed by atoms with E-state index in [9.17, 15) is 22.8 Å². The highest BCUT2D eigenvalue weighted by Crippen LogP contribution is 2.30. The van der Waals surface area contributed by atoms with Crippen molar-refractivity contribution in [2.24, 2.45) is 0 Å². The van der Waals surface area contributed by atoms with Crippen LogP contribution in [0.4, 0.5) is 18.9 Å². The first kappa shape index (κ1) is 26.4. The number of benzene rings is 1. The molecular formula is C25H29F3N6O3. The van der Waals surface area contributed by atoms with Crippen molar-refractivity contribution in [1.82, 2.24) is 24.0 Å². The zero-order valence-electron chi connectivity index (χ0n) is 20.5. The first-order valence-electron chi connectivity index (χ1n) is 12.0. The van der Waals surface area contributed by atoms with Gasteiger partial charge < -0.3 is 9.64 Å². The minimum atomic E-state index is -4.40. The van der Waals surface area contributed by atoms with Crippen molar-refractivity contribution in [2.75, 3.05) is 44.2 Å². The van der Waals surface area contributed by atoms with Crippen molar-refractivity contribution in [3.63, 3.8) is 0 Å². The molecule has 0 N–H and O–H groups in total. The van der Waals surface area contributed by atoms with Crippen LogP contribution in [-0.2, 0) is 13.1 Å². The van der Waals surface area contributed by atoms with E-state index in [4.69, 9.17) is 4.74 Å². The third-order valence-corrected chi connectivity index (χ3v) is 6.18. The maximum absolute atomic E-state index is 13.0. The van der Waals surface area contributed by atoms with Gasteiger partial charge in [-0.05, 0) is 32.0 Å². The number of hydrogen-bond donors (Lipinski definition) is 0. The predicted molar refractivity (Wildman–Crippen MR) is 132 cm³/mol. The Balaban J connectivity index is 1.33. The molecule has 3 heterocycles. The molecule has 1 saturated heterocycles. The Morgan fingerprint density at radius 1 is 1.03 bits per heavy atom. The molecule has 37 heavy (non-hydrogen) atoms. The summed E-state index contributed by atoms with van der Waals surface area (Å²) >= 11 is 0. The number of para-hydroxylation sites is 2. The van der Waals surface area contributed by atoms with Crippen molar-refractivity contribution in [2.45, 2.75) is 32.6 Å². The lowest BCUT2D eigenvalue weighted by Crippen LogP contribution is -2.47. The topological polar surface area (TPSA) is 85.5 Å². The van der Waals surface area contributed by atoms with Gasteiger partial charge in [-0.25, -0.2) is 4.79 Å². The molecule has 4 rings (SSSR count). The van der Waals surface area contributed by atoms with E-state index in [0.29, 0.717) is 56.1 Å². The van der Waals surface area contributed by atoms with Gasteiger partial charge in [0.2, 0.25) is 0 Å². The summed E-state index contributed by atoms with van der Waals surface area (Å²) in [5, 5.41) is 0. The Morgan fingerprint density at radius 3 is 2.49 bits per heavy atom. The molecule has 1 aromatic carbocycles. The van der Waals surface area contributed by atoms with Crippen LogP contribution in [0, 0.1) is 6.92 Å². The van der Waals surface area contributed by atoms with E-state index >= 15 is 0 Å². The van der Waals surface area contributed by atoms with Crippen LogP contribution in [0.25, 0.3) is 0 Å². The van der Waals surface area contributed by atoms with Crippen molar-refractivity contribution >= 4 is 5.69 Å². The first-order chi connectivity index (χ1) is 17.7. The summed E-state index contributed by atoms with van der Waals surface area (Å²) in [6.07, 6.45) is 2.44. The van der Waals surface area contributed by atoms with Gasteiger partial charge in [0.1, 0.15) is 5.75 Å². The minimum Gasteiger partial charge on any atom is -0.482 e. The lowest BCUT2D eigenvalue weighted by Gasteiger charge is -2.36. The van der Waals surface area contributed by atoms with Crippen molar-refractivity contribution in [3.05, 3.63) is 81.1 Å². The minimum absolute atomic E-state index is 0.213. The number of rotatable bonds is 9. The first-order valence-corrected chi connectivity index (χ1v) is 12.0. The van der Waals surface area contributed by atoms with E-state index in [1.807, 2.05) is 4.90 Å². The molecule has 0 saturated carbocycles. The van der Waals surface area contributed by atoms with Crippen LogP contribution >= 0.6 is 0 Å². The monoisotopic (exact) mass is 518 g/mol. The molecule has 2 aromatic heterocycles. The molecule has 0 amide bonds. The Kier molecular flexibility index (Phi) is 8.27. The van der Waals surface area contributed by atoms with Gasteiger partial charge >= 0.3 is 11.9 Å². The number of ether oxygens (including phenoxy) is 1. The number of aryl methyl sites for hydroxylation is 1. The van der Waals surface area contributed by atoms with Crippen LogP contribution in [0.5, 0.6) is 5.75 Å². The van der Waals surface area contributed by atoms with Gasteiger partial charge in [-0.3, -0.25) is 28.8 Å². The van der Waals surface area contributed by atoms with Crippen molar-refractivity contribution < 1.29 is 17.9 Å². The molecule has 12 heteroatoms. The van der Waals surface area contributed by atoms with E-state index < -0.39 is 12.8 Å². The highest BCUT2D eigenvalue weighted by atomic mass is 19.4. The van der Waals surface area contributed by atoms with Crippen LogP contribution in [0.3, 0.4) is 0 Å². The summed E-state index contributed by atoms with van der Waals surface area (Å²) in [6, 6.07) is 6.74. The second-order valence-electron chi connectivity index (χ2n) is 8.93. The summed E-state index contributed by atoms with van der Waals surface area (Å²) in [5.41, 5.74) is 1.05. The third-order valence-electron chi connectivity index (χ3n) is 6.18. The van der Waals surface area contributed by atoms with Crippen LogP contribution in [0.1, 0.15) is 17.7 Å². The molecule has 198 valence electrons. The van der Waals surface area contributed by atoms with Gasteiger partial charge in [0, 0.05) is 56.9 Å². The van der Waals surface area contributed by atoms with Gasteiger partial charge in [-0.1, -0.05) is 12.1 Å². The molecule has 0 atom stereocenters. The van der Waals surface area contributed by atoms with Crippen LogP contribution in [0.15, 0.2) is 58.6 Å². The summed E-state index contributed by atoms with van der Waals surface area (Å²) in [6.45, 7) is 4.20. The van der Waals surface area contributed by atoms with E-state index in [1.165, 1.54) is 9.13 Å². The zero-order valence-corrected chi connectivity index (χ0v) is 20.5. The number of aromatic nitrogens is 4. The molecule has 0 radical (unpaired) electrons. The fourth-order valence-electron chi connectivity index (χ4n) is 4.36. The number of anilines is 1. The van der Waals surface area contributed by atoms with E-state index in [1.54, 1.807) is 56.0 Å². The maximum atomic E-state index is 13.0.